The zero-order valence-corrected chi connectivity index (χ0v) is 35.0. The summed E-state index contributed by atoms with van der Waals surface area (Å²) in [7, 11) is -4.64. The molecule has 3 atom stereocenters. The van der Waals surface area contributed by atoms with E-state index in [2.05, 4.69) is 31.4 Å². The van der Waals surface area contributed by atoms with E-state index in [4.69, 9.17) is 19.1 Å². The van der Waals surface area contributed by atoms with Gasteiger partial charge in [-0.3, -0.25) is 23.4 Å². The molecule has 0 saturated heterocycles. The van der Waals surface area contributed by atoms with Crippen LogP contribution in [0.15, 0.2) is 24.3 Å². The summed E-state index contributed by atoms with van der Waals surface area (Å²) in [6.07, 6.45) is 29.7. The van der Waals surface area contributed by atoms with Gasteiger partial charge in [-0.25, -0.2) is 4.57 Å². The molecular weight excluding hydrogens is 711 g/mol. The van der Waals surface area contributed by atoms with E-state index < -0.39 is 51.8 Å². The molecule has 3 N–H and O–H groups in total. The fourth-order valence-electron chi connectivity index (χ4n) is 5.69. The maximum Gasteiger partial charge on any atom is 0.472 e. The Morgan fingerprint density at radius 3 is 1.72 bits per heavy atom. The molecule has 0 bridgehead atoms. The number of aliphatic hydroxyl groups excluding tert-OH is 2. The van der Waals surface area contributed by atoms with Crippen molar-refractivity contribution in [2.75, 3.05) is 26.4 Å². The molecule has 0 heterocycles. The molecule has 0 rings (SSSR count). The molecule has 12 heteroatoms. The van der Waals surface area contributed by atoms with Crippen molar-refractivity contribution < 1.29 is 52.6 Å². The van der Waals surface area contributed by atoms with E-state index in [9.17, 15) is 28.9 Å². The van der Waals surface area contributed by atoms with Crippen LogP contribution < -0.4 is 0 Å². The van der Waals surface area contributed by atoms with Crippen LogP contribution in [0.3, 0.4) is 0 Å². The molecule has 1 unspecified atom stereocenters. The van der Waals surface area contributed by atoms with Gasteiger partial charge >= 0.3 is 19.8 Å². The first-order chi connectivity index (χ1) is 26.0. The van der Waals surface area contributed by atoms with E-state index in [1.54, 1.807) is 12.2 Å². The first kappa shape index (κ1) is 52.1. The van der Waals surface area contributed by atoms with Crippen LogP contribution >= 0.6 is 7.82 Å². The normalized spacial score (nSPS) is 14.1. The summed E-state index contributed by atoms with van der Waals surface area (Å²) >= 11 is 0. The summed E-state index contributed by atoms with van der Waals surface area (Å²) in [5.41, 5.74) is 0. The Bertz CT molecular complexity index is 1030. The van der Waals surface area contributed by atoms with Crippen molar-refractivity contribution >= 4 is 25.5 Å². The largest absolute Gasteiger partial charge is 0.472 e. The molecule has 0 spiro atoms. The van der Waals surface area contributed by atoms with E-state index in [-0.39, 0.29) is 25.2 Å². The van der Waals surface area contributed by atoms with Gasteiger partial charge in [-0.1, -0.05) is 148 Å². The average molecular weight is 789 g/mol. The van der Waals surface area contributed by atoms with Crippen LogP contribution in [0.1, 0.15) is 181 Å². The third-order valence-electron chi connectivity index (χ3n) is 9.01. The van der Waals surface area contributed by atoms with Gasteiger partial charge in [0.05, 0.1) is 19.8 Å². The number of aliphatic hydroxyl groups is 2. The summed E-state index contributed by atoms with van der Waals surface area (Å²) in [6.45, 7) is 4.51. The Morgan fingerprint density at radius 2 is 1.17 bits per heavy atom. The van der Waals surface area contributed by atoms with Crippen molar-refractivity contribution in [1.82, 2.24) is 0 Å². The fourth-order valence-corrected chi connectivity index (χ4v) is 6.48. The highest BCUT2D eigenvalue weighted by Gasteiger charge is 2.27. The van der Waals surface area contributed by atoms with Gasteiger partial charge in [-0.05, 0) is 44.1 Å². The number of hydrogen-bond acceptors (Lipinski definition) is 10. The number of rotatable bonds is 39. The number of phosphoric acid groups is 1. The molecule has 11 nitrogen and oxygen atoms in total. The van der Waals surface area contributed by atoms with Crippen LogP contribution in [0.25, 0.3) is 0 Å². The number of carbonyl (C=O) groups excluding carboxylic acids is 3. The van der Waals surface area contributed by atoms with E-state index in [1.165, 1.54) is 77.0 Å². The summed E-state index contributed by atoms with van der Waals surface area (Å²) in [4.78, 5) is 46.9. The third-order valence-corrected chi connectivity index (χ3v) is 9.96. The molecule has 0 aromatic rings. The first-order valence-corrected chi connectivity index (χ1v) is 22.6. The van der Waals surface area contributed by atoms with Gasteiger partial charge < -0.3 is 24.6 Å². The van der Waals surface area contributed by atoms with Crippen LogP contribution in [-0.4, -0.2) is 71.5 Å². The van der Waals surface area contributed by atoms with Crippen molar-refractivity contribution in [1.29, 1.82) is 0 Å². The summed E-state index contributed by atoms with van der Waals surface area (Å²) in [5.74, 6) is -0.106. The number of esters is 2. The lowest BCUT2D eigenvalue weighted by Gasteiger charge is -2.20. The lowest BCUT2D eigenvalue weighted by Crippen LogP contribution is -2.29. The number of ether oxygens (including phenoxy) is 2. The number of ketones is 1. The van der Waals surface area contributed by atoms with Crippen LogP contribution in [0.5, 0.6) is 0 Å². The van der Waals surface area contributed by atoms with E-state index in [0.717, 1.165) is 57.3 Å². The van der Waals surface area contributed by atoms with Crippen molar-refractivity contribution in [3.63, 3.8) is 0 Å². The topological polar surface area (TPSA) is 166 Å². The second kappa shape index (κ2) is 36.7. The second-order valence-electron chi connectivity index (χ2n) is 14.9. The maximum absolute atomic E-state index is 12.6. The quantitative estimate of drug-likeness (QED) is 0.0178. The molecule has 0 aliphatic rings. The lowest BCUT2D eigenvalue weighted by molar-refractivity contribution is -0.161. The second-order valence-corrected chi connectivity index (χ2v) is 16.3. The number of allylic oxidation sites excluding steroid dienone is 4. The van der Waals surface area contributed by atoms with Crippen LogP contribution in [0.2, 0.25) is 0 Å². The predicted octanol–water partition coefficient (Wildman–Crippen LogP) is 10.0. The van der Waals surface area contributed by atoms with Gasteiger partial charge in [-0.15, -0.1) is 0 Å². The van der Waals surface area contributed by atoms with Crippen molar-refractivity contribution in [3.8, 4) is 0 Å². The molecule has 0 aliphatic heterocycles. The fraction of sp³-hybridized carbons (Fsp3) is 0.833. The number of carbonyl (C=O) groups is 3. The minimum Gasteiger partial charge on any atom is -0.462 e. The minimum absolute atomic E-state index is 0.109. The molecule has 0 amide bonds. The van der Waals surface area contributed by atoms with Crippen molar-refractivity contribution in [3.05, 3.63) is 24.3 Å². The smallest absolute Gasteiger partial charge is 0.462 e. The summed E-state index contributed by atoms with van der Waals surface area (Å²) in [6, 6.07) is 0. The predicted molar refractivity (Wildman–Crippen MR) is 215 cm³/mol. The molecule has 0 aromatic heterocycles. The Labute approximate surface area is 327 Å². The molecule has 0 saturated carbocycles. The standard InChI is InChI=1S/C42H77O11P/c1-4-5-6-7-14-19-24-29-38(44)30-25-20-17-22-26-31-41(46)50-35-40(36-52-54(48,49)51-34-39(45)33-43)53-42(47)32-27-21-16-13-11-9-8-10-12-15-18-23-28-37(2)3/h14,19,24,29,37,39-40,43,45H,4-13,15-18,20-23,25-28,30-36H2,1-3H3,(H,48,49)/b19-14-,29-24+/t39-,40+/m0/s1. The third kappa shape index (κ3) is 37.1. The van der Waals surface area contributed by atoms with Crippen molar-refractivity contribution in [2.24, 2.45) is 5.92 Å². The number of phosphoric ester groups is 1. The molecule has 0 fully saturated rings. The van der Waals surface area contributed by atoms with Gasteiger partial charge in [-0.2, -0.15) is 0 Å². The molecule has 316 valence electrons. The lowest BCUT2D eigenvalue weighted by atomic mass is 10.0. The molecule has 0 aromatic carbocycles. The SMILES string of the molecule is CCCCC/C=C\C=C\C(=O)CCCCCCCC(=O)OC[C@H](COP(=O)(O)OC[C@@H](O)CO)OC(=O)CCCCCCCCCCCCCCC(C)C. The van der Waals surface area contributed by atoms with Gasteiger partial charge in [0.25, 0.3) is 0 Å². The Morgan fingerprint density at radius 1 is 0.648 bits per heavy atom. The van der Waals surface area contributed by atoms with Gasteiger partial charge in [0.1, 0.15) is 12.7 Å². The van der Waals surface area contributed by atoms with E-state index in [0.29, 0.717) is 19.3 Å². The van der Waals surface area contributed by atoms with E-state index >= 15 is 0 Å². The highest BCUT2D eigenvalue weighted by Crippen LogP contribution is 2.43. The highest BCUT2D eigenvalue weighted by molar-refractivity contribution is 7.47. The number of hydrogen-bond donors (Lipinski definition) is 3. The monoisotopic (exact) mass is 789 g/mol. The number of unbranched alkanes of at least 4 members (excludes halogenated alkanes) is 18. The van der Waals surface area contributed by atoms with E-state index in [1.807, 2.05) is 6.08 Å². The Balaban J connectivity index is 4.38. The average Bonchev–Trinajstić information content (AvgIpc) is 3.14. The molecular formula is C42H77O11P. The summed E-state index contributed by atoms with van der Waals surface area (Å²) in [5, 5.41) is 18.3. The zero-order chi connectivity index (χ0) is 40.1. The molecule has 0 radical (unpaired) electrons. The highest BCUT2D eigenvalue weighted by atomic mass is 31.2. The Kier molecular flexibility index (Phi) is 35.5. The van der Waals surface area contributed by atoms with Gasteiger partial charge in [0.15, 0.2) is 11.9 Å². The maximum atomic E-state index is 12.6. The van der Waals surface area contributed by atoms with Crippen LogP contribution in [0, 0.1) is 5.92 Å². The summed E-state index contributed by atoms with van der Waals surface area (Å²) < 4.78 is 32.6. The van der Waals surface area contributed by atoms with Crippen LogP contribution in [0.4, 0.5) is 0 Å². The Hall–Kier alpha value is -1.88. The minimum atomic E-state index is -4.64. The first-order valence-electron chi connectivity index (χ1n) is 21.1. The van der Waals surface area contributed by atoms with Crippen LogP contribution in [-0.2, 0) is 37.5 Å². The zero-order valence-electron chi connectivity index (χ0n) is 34.1. The molecule has 54 heavy (non-hydrogen) atoms. The van der Waals surface area contributed by atoms with Gasteiger partial charge in [0, 0.05) is 19.3 Å². The molecule has 0 aliphatic carbocycles. The van der Waals surface area contributed by atoms with Crippen molar-refractivity contribution in [2.45, 2.75) is 193 Å². The van der Waals surface area contributed by atoms with Gasteiger partial charge in [0.2, 0.25) is 0 Å².